The molecule has 0 aliphatic rings. The molecule has 0 aromatic carbocycles. The molecular formula is C22H46Cl2NiO2P2. The average molecular weight is 534 g/mol. The minimum atomic E-state index is 0.162. The van der Waals surface area contributed by atoms with Crippen LogP contribution >= 0.6 is 36.2 Å². The summed E-state index contributed by atoms with van der Waals surface area (Å²) >= 11 is 0.569. The first-order valence-corrected chi connectivity index (χ1v) is 16.3. The van der Waals surface area contributed by atoms with Crippen molar-refractivity contribution in [1.82, 2.24) is 0 Å². The Bertz CT molecular complexity index is 330. The summed E-state index contributed by atoms with van der Waals surface area (Å²) in [5, 5.41) is 0. The molecule has 7 heteroatoms. The number of rotatable bonds is 12. The molecule has 0 fully saturated rings. The maximum absolute atomic E-state index is 4.96. The first-order valence-electron chi connectivity index (χ1n) is 10.2. The van der Waals surface area contributed by atoms with Gasteiger partial charge in [-0.25, -0.2) is 0 Å². The fourth-order valence-electron chi connectivity index (χ4n) is 2.76. The Morgan fingerprint density at radius 2 is 0.862 bits per heavy atom. The topological polar surface area (TPSA) is 18.5 Å². The first-order chi connectivity index (χ1) is 13.6. The predicted molar refractivity (Wildman–Crippen MR) is 138 cm³/mol. The molecule has 29 heavy (non-hydrogen) atoms. The van der Waals surface area contributed by atoms with Crippen LogP contribution in [-0.4, -0.2) is 62.4 Å². The van der Waals surface area contributed by atoms with Gasteiger partial charge in [-0.3, -0.25) is 0 Å². The Kier molecular flexibility index (Phi) is 30.8. The summed E-state index contributed by atoms with van der Waals surface area (Å²) in [5.41, 5.74) is 3.34. The quantitative estimate of drug-likeness (QED) is 0.142. The van der Waals surface area contributed by atoms with E-state index in [0.717, 1.165) is 35.8 Å². The molecule has 0 aliphatic heterocycles. The minimum absolute atomic E-state index is 0.162. The van der Waals surface area contributed by atoms with Gasteiger partial charge in [0.25, 0.3) is 0 Å². The maximum atomic E-state index is 4.96. The van der Waals surface area contributed by atoms with Crippen molar-refractivity contribution in [2.75, 3.05) is 39.8 Å². The van der Waals surface area contributed by atoms with E-state index in [9.17, 15) is 0 Å². The summed E-state index contributed by atoms with van der Waals surface area (Å²) in [6.07, 6.45) is 11.3. The molecule has 0 spiro atoms. The van der Waals surface area contributed by atoms with E-state index in [1.165, 1.54) is 12.3 Å². The standard InChI is InChI=1S/2C11H23OP.2ClH.Ni/c2*1-10(2)13(11(3)4)9-7-6-8-12-5;;;/h2*6-7,10-11H,8-9H2,1-5H3;2*1H;/q;;;;+2/p-2. The van der Waals surface area contributed by atoms with Crippen molar-refractivity contribution in [3.63, 3.8) is 0 Å². The van der Waals surface area contributed by atoms with E-state index in [1.807, 2.05) is 0 Å². The van der Waals surface area contributed by atoms with Gasteiger partial charge >= 0.3 is 33.0 Å². The first kappa shape index (κ1) is 34.9. The Labute approximate surface area is 199 Å². The zero-order chi connectivity index (χ0) is 23.2. The second-order valence-corrected chi connectivity index (χ2v) is 16.2. The van der Waals surface area contributed by atoms with Crippen molar-refractivity contribution in [1.29, 1.82) is 0 Å². The Morgan fingerprint density at radius 3 is 1.03 bits per heavy atom. The van der Waals surface area contributed by atoms with Gasteiger partial charge < -0.3 is 9.47 Å². The van der Waals surface area contributed by atoms with Crippen molar-refractivity contribution in [2.45, 2.75) is 78.0 Å². The molecule has 0 radical (unpaired) electrons. The molecular weight excluding hydrogens is 488 g/mol. The molecule has 0 aliphatic carbocycles. The fraction of sp³-hybridized carbons (Fsp3) is 0.818. The van der Waals surface area contributed by atoms with Crippen LogP contribution in [0.15, 0.2) is 24.3 Å². The second kappa shape index (κ2) is 25.6. The molecule has 0 N–H and O–H groups in total. The van der Waals surface area contributed by atoms with Crippen LogP contribution in [-0.2, 0) is 22.1 Å². The van der Waals surface area contributed by atoms with Crippen molar-refractivity contribution in [3.05, 3.63) is 24.3 Å². The summed E-state index contributed by atoms with van der Waals surface area (Å²) in [6.45, 7) is 20.1. The van der Waals surface area contributed by atoms with E-state index in [1.54, 1.807) is 14.2 Å². The fourth-order valence-corrected chi connectivity index (χ4v) is 7.61. The number of methoxy groups -OCH3 is 2. The molecule has 0 atom stereocenters. The monoisotopic (exact) mass is 532 g/mol. The van der Waals surface area contributed by atoms with Gasteiger partial charge in [0.2, 0.25) is 0 Å². The molecule has 0 saturated carbocycles. The van der Waals surface area contributed by atoms with E-state index in [0.29, 0.717) is 12.7 Å². The normalized spacial score (nSPS) is 12.1. The van der Waals surface area contributed by atoms with Crippen LogP contribution < -0.4 is 0 Å². The molecule has 0 aromatic rings. The molecule has 0 amide bonds. The third-order valence-electron chi connectivity index (χ3n) is 4.14. The van der Waals surface area contributed by atoms with Crippen molar-refractivity contribution in [3.8, 4) is 0 Å². The van der Waals surface area contributed by atoms with Gasteiger partial charge in [-0.15, -0.1) is 0 Å². The predicted octanol–water partition coefficient (Wildman–Crippen LogP) is 8.35. The summed E-state index contributed by atoms with van der Waals surface area (Å²) in [7, 11) is 13.2. The molecule has 0 unspecified atom stereocenters. The number of hydrogen-bond acceptors (Lipinski definition) is 2. The third kappa shape index (κ3) is 25.5. The van der Waals surface area contributed by atoms with Crippen LogP contribution in [0.25, 0.3) is 0 Å². The van der Waals surface area contributed by atoms with E-state index in [2.05, 4.69) is 79.7 Å². The van der Waals surface area contributed by atoms with Crippen molar-refractivity contribution >= 4 is 36.2 Å². The number of ether oxygens (including phenoxy) is 2. The summed E-state index contributed by atoms with van der Waals surface area (Å²) < 4.78 is 9.93. The van der Waals surface area contributed by atoms with Crippen LogP contribution in [0.4, 0.5) is 0 Å². The summed E-state index contributed by atoms with van der Waals surface area (Å²) in [5.74, 6) is 0. The van der Waals surface area contributed by atoms with Gasteiger partial charge in [0.05, 0.1) is 13.2 Å². The van der Waals surface area contributed by atoms with E-state index in [4.69, 9.17) is 29.9 Å². The number of allylic oxidation sites excluding steroid dienone is 2. The molecule has 0 heterocycles. The molecule has 180 valence electrons. The summed E-state index contributed by atoms with van der Waals surface area (Å²) in [4.78, 5) is 0. The Morgan fingerprint density at radius 1 is 0.621 bits per heavy atom. The molecule has 0 aromatic heterocycles. The van der Waals surface area contributed by atoms with E-state index < -0.39 is 0 Å². The summed E-state index contributed by atoms with van der Waals surface area (Å²) in [6, 6.07) is 0. The van der Waals surface area contributed by atoms with Crippen LogP contribution in [0.1, 0.15) is 55.4 Å². The SMILES string of the molecule is COCC=CCP(C(C)C)C(C)C.COCC=CCP(C(C)C)C(C)C.[Cl][Ni][Cl]. The molecule has 2 nitrogen and oxygen atoms in total. The van der Waals surface area contributed by atoms with Crippen LogP contribution in [0.5, 0.6) is 0 Å². The van der Waals surface area contributed by atoms with Crippen LogP contribution in [0.2, 0.25) is 0 Å². The van der Waals surface area contributed by atoms with Crippen molar-refractivity contribution in [2.24, 2.45) is 0 Å². The molecule has 0 rings (SSSR count). The van der Waals surface area contributed by atoms with Crippen LogP contribution in [0.3, 0.4) is 0 Å². The molecule has 0 bridgehead atoms. The zero-order valence-corrected chi connectivity index (χ0v) is 24.5. The number of halogens is 2. The van der Waals surface area contributed by atoms with Gasteiger partial charge in [0, 0.05) is 14.2 Å². The average Bonchev–Trinajstić information content (AvgIpc) is 2.61. The second-order valence-electron chi connectivity index (χ2n) is 7.67. The van der Waals surface area contributed by atoms with Gasteiger partial charge in [0.1, 0.15) is 0 Å². The molecule has 0 saturated heterocycles. The van der Waals surface area contributed by atoms with E-state index in [-0.39, 0.29) is 15.8 Å². The van der Waals surface area contributed by atoms with Gasteiger partial charge in [-0.1, -0.05) is 95.5 Å². The number of hydrogen-bond donors (Lipinski definition) is 0. The van der Waals surface area contributed by atoms with Gasteiger partial charge in [-0.2, -0.15) is 0 Å². The van der Waals surface area contributed by atoms with Crippen molar-refractivity contribution < 1.29 is 22.1 Å². The Balaban J connectivity index is -0.000000410. The van der Waals surface area contributed by atoms with Gasteiger partial charge in [-0.05, 0) is 35.0 Å². The van der Waals surface area contributed by atoms with Gasteiger partial charge in [0.15, 0.2) is 0 Å². The zero-order valence-electron chi connectivity index (χ0n) is 20.2. The van der Waals surface area contributed by atoms with E-state index >= 15 is 0 Å². The Hall–Kier alpha value is 1.33. The third-order valence-corrected chi connectivity index (χ3v) is 10.7. The van der Waals surface area contributed by atoms with Crippen LogP contribution in [0, 0.1) is 0 Å².